The first-order chi connectivity index (χ1) is 21.8. The molecule has 2 heteroatoms. The van der Waals surface area contributed by atoms with Crippen LogP contribution in [-0.2, 0) is 0 Å². The first kappa shape index (κ1) is 23.7. The van der Waals surface area contributed by atoms with E-state index in [2.05, 4.69) is 140 Å². The molecule has 0 saturated heterocycles. The minimum Gasteiger partial charge on any atom is -0.455 e. The van der Waals surface area contributed by atoms with Gasteiger partial charge in [0.15, 0.2) is 0 Å². The van der Waals surface area contributed by atoms with E-state index in [9.17, 15) is 0 Å². The van der Waals surface area contributed by atoms with E-state index in [-0.39, 0.29) is 0 Å². The quantitative estimate of drug-likeness (QED) is 0.197. The van der Waals surface area contributed by atoms with Gasteiger partial charge in [-0.1, -0.05) is 127 Å². The summed E-state index contributed by atoms with van der Waals surface area (Å²) in [5.41, 5.74) is 8.04. The number of rotatable bonds is 2. The van der Waals surface area contributed by atoms with Gasteiger partial charge in [0.2, 0.25) is 0 Å². The Labute approximate surface area is 252 Å². The molecule has 8 aromatic carbocycles. The van der Waals surface area contributed by atoms with E-state index in [0.29, 0.717) is 0 Å². The van der Waals surface area contributed by atoms with Gasteiger partial charge in [-0.05, 0) is 61.6 Å². The van der Waals surface area contributed by atoms with Gasteiger partial charge in [0.25, 0.3) is 0 Å². The number of para-hydroxylation sites is 1. The highest BCUT2D eigenvalue weighted by Gasteiger charge is 2.26. The lowest BCUT2D eigenvalue weighted by atomic mass is 9.85. The Kier molecular flexibility index (Phi) is 4.75. The van der Waals surface area contributed by atoms with Crippen LogP contribution in [0.25, 0.3) is 98.4 Å². The van der Waals surface area contributed by atoms with Crippen molar-refractivity contribution >= 4 is 76.2 Å². The lowest BCUT2D eigenvalue weighted by molar-refractivity contribution is 0.658. The second kappa shape index (κ2) is 8.82. The summed E-state index contributed by atoms with van der Waals surface area (Å²) >= 11 is 0. The van der Waals surface area contributed by atoms with Gasteiger partial charge in [-0.3, -0.25) is 0 Å². The summed E-state index contributed by atoms with van der Waals surface area (Å²) in [6.45, 7) is 0. The maximum Gasteiger partial charge on any atom is 0.147 e. The van der Waals surface area contributed by atoms with Crippen LogP contribution in [0.15, 0.2) is 154 Å². The highest BCUT2D eigenvalue weighted by molar-refractivity contribution is 6.31. The van der Waals surface area contributed by atoms with Crippen molar-refractivity contribution in [1.29, 1.82) is 0 Å². The second-order valence-electron chi connectivity index (χ2n) is 11.6. The third kappa shape index (κ3) is 3.14. The molecule has 0 aliphatic carbocycles. The average Bonchev–Trinajstić information content (AvgIpc) is 3.65. The normalized spacial score (nSPS) is 12.1. The van der Waals surface area contributed by atoms with Crippen LogP contribution in [0.1, 0.15) is 0 Å². The van der Waals surface area contributed by atoms with E-state index in [1.54, 1.807) is 0 Å². The molecule has 0 N–H and O–H groups in total. The van der Waals surface area contributed by atoms with Gasteiger partial charge in [0.05, 0.1) is 5.56 Å². The van der Waals surface area contributed by atoms with Crippen molar-refractivity contribution in [2.45, 2.75) is 0 Å². The highest BCUT2D eigenvalue weighted by atomic mass is 16.3. The minimum atomic E-state index is 0.852. The van der Waals surface area contributed by atoms with Crippen molar-refractivity contribution in [2.24, 2.45) is 0 Å². The molecular formula is C42H24O2. The molecule has 0 unspecified atom stereocenters. The molecule has 0 aliphatic rings. The van der Waals surface area contributed by atoms with Crippen molar-refractivity contribution in [1.82, 2.24) is 0 Å². The fraction of sp³-hybridized carbons (Fsp3) is 0. The number of hydrogen-bond donors (Lipinski definition) is 0. The topological polar surface area (TPSA) is 26.3 Å². The molecule has 0 bridgehead atoms. The SMILES string of the molecule is c1ccc(-c2c3ccccc3c(-c3c4oc5ccccc5c4cc4c3oc3ccc5ccccc5c34)c3ccccc23)cc1. The standard InChI is InChI=1S/C42H24O2/c1-2-13-26(14-3-1)37-29-17-6-8-19-31(29)39(32-20-9-7-18-30(32)37)40-41-33(28-16-10-11-21-35(28)43-41)24-34-38-27-15-5-4-12-25(27)22-23-36(38)44-42(34)40/h1-24H. The zero-order valence-electron chi connectivity index (χ0n) is 23.7. The maximum absolute atomic E-state index is 6.90. The lowest BCUT2D eigenvalue weighted by Gasteiger charge is -2.18. The molecular weight excluding hydrogens is 536 g/mol. The Morgan fingerprint density at radius 2 is 0.864 bits per heavy atom. The Morgan fingerprint density at radius 3 is 1.59 bits per heavy atom. The summed E-state index contributed by atoms with van der Waals surface area (Å²) in [5, 5.41) is 11.6. The van der Waals surface area contributed by atoms with E-state index in [4.69, 9.17) is 8.83 Å². The molecule has 2 heterocycles. The molecule has 0 spiro atoms. The Morgan fingerprint density at radius 1 is 0.318 bits per heavy atom. The predicted molar refractivity (Wildman–Crippen MR) is 184 cm³/mol. The predicted octanol–water partition coefficient (Wildman–Crippen LogP) is 12.3. The van der Waals surface area contributed by atoms with Gasteiger partial charge in [-0.2, -0.15) is 0 Å². The van der Waals surface area contributed by atoms with Gasteiger partial charge < -0.3 is 8.83 Å². The summed E-state index contributed by atoms with van der Waals surface area (Å²) in [5.74, 6) is 0. The van der Waals surface area contributed by atoms with E-state index < -0.39 is 0 Å². The third-order valence-electron chi connectivity index (χ3n) is 9.24. The molecule has 44 heavy (non-hydrogen) atoms. The number of furan rings is 2. The van der Waals surface area contributed by atoms with Crippen LogP contribution in [0.3, 0.4) is 0 Å². The van der Waals surface area contributed by atoms with Crippen molar-refractivity contribution in [3.63, 3.8) is 0 Å². The van der Waals surface area contributed by atoms with E-state index in [1.165, 1.54) is 43.4 Å². The number of hydrogen-bond acceptors (Lipinski definition) is 2. The van der Waals surface area contributed by atoms with Crippen LogP contribution in [0.5, 0.6) is 0 Å². The van der Waals surface area contributed by atoms with E-state index >= 15 is 0 Å². The summed E-state index contributed by atoms with van der Waals surface area (Å²) in [6.07, 6.45) is 0. The van der Waals surface area contributed by atoms with Crippen molar-refractivity contribution in [3.05, 3.63) is 146 Å². The Balaban J connectivity index is 1.49. The summed E-state index contributed by atoms with van der Waals surface area (Å²) in [7, 11) is 0. The minimum absolute atomic E-state index is 0.852. The molecule has 0 saturated carbocycles. The fourth-order valence-corrected chi connectivity index (χ4v) is 7.40. The molecule has 2 nitrogen and oxygen atoms in total. The number of fused-ring (bicyclic) bond motifs is 10. The number of benzene rings is 8. The van der Waals surface area contributed by atoms with Crippen LogP contribution in [0.4, 0.5) is 0 Å². The van der Waals surface area contributed by atoms with Gasteiger partial charge in [-0.25, -0.2) is 0 Å². The molecule has 204 valence electrons. The van der Waals surface area contributed by atoms with E-state index in [0.717, 1.165) is 55.0 Å². The van der Waals surface area contributed by atoms with Crippen molar-refractivity contribution in [2.75, 3.05) is 0 Å². The Bertz CT molecular complexity index is 2700. The average molecular weight is 561 g/mol. The summed E-state index contributed by atoms with van der Waals surface area (Å²) in [4.78, 5) is 0. The van der Waals surface area contributed by atoms with Crippen LogP contribution in [0.2, 0.25) is 0 Å². The van der Waals surface area contributed by atoms with Gasteiger partial charge in [0.1, 0.15) is 22.3 Å². The first-order valence-electron chi connectivity index (χ1n) is 15.0. The van der Waals surface area contributed by atoms with Crippen LogP contribution >= 0.6 is 0 Å². The molecule has 2 aromatic heterocycles. The molecule has 0 fully saturated rings. The molecule has 10 aromatic rings. The zero-order chi connectivity index (χ0) is 28.8. The van der Waals surface area contributed by atoms with Gasteiger partial charge >= 0.3 is 0 Å². The zero-order valence-corrected chi connectivity index (χ0v) is 23.7. The third-order valence-corrected chi connectivity index (χ3v) is 9.24. The van der Waals surface area contributed by atoms with Crippen LogP contribution in [-0.4, -0.2) is 0 Å². The molecule has 0 aliphatic heterocycles. The van der Waals surface area contributed by atoms with Gasteiger partial charge in [0, 0.05) is 27.1 Å². The molecule has 10 rings (SSSR count). The van der Waals surface area contributed by atoms with Crippen molar-refractivity contribution in [3.8, 4) is 22.3 Å². The monoisotopic (exact) mass is 560 g/mol. The Hall–Kier alpha value is -5.86. The summed E-state index contributed by atoms with van der Waals surface area (Å²) < 4.78 is 13.7. The van der Waals surface area contributed by atoms with Gasteiger partial charge in [-0.15, -0.1) is 0 Å². The van der Waals surface area contributed by atoms with E-state index in [1.807, 2.05) is 6.07 Å². The van der Waals surface area contributed by atoms with Crippen LogP contribution in [0, 0.1) is 0 Å². The highest BCUT2D eigenvalue weighted by Crippen LogP contribution is 2.51. The second-order valence-corrected chi connectivity index (χ2v) is 11.6. The smallest absolute Gasteiger partial charge is 0.147 e. The lowest BCUT2D eigenvalue weighted by Crippen LogP contribution is -1.91. The van der Waals surface area contributed by atoms with Crippen molar-refractivity contribution < 1.29 is 8.83 Å². The van der Waals surface area contributed by atoms with Crippen LogP contribution < -0.4 is 0 Å². The molecule has 0 atom stereocenters. The molecule has 0 amide bonds. The fourth-order valence-electron chi connectivity index (χ4n) is 7.40. The largest absolute Gasteiger partial charge is 0.455 e. The summed E-state index contributed by atoms with van der Waals surface area (Å²) in [6, 6.07) is 51.7. The first-order valence-corrected chi connectivity index (χ1v) is 15.0. The maximum atomic E-state index is 6.90. The molecule has 0 radical (unpaired) electrons.